The van der Waals surface area contributed by atoms with Crippen molar-refractivity contribution in [1.29, 1.82) is 0 Å². The van der Waals surface area contributed by atoms with Gasteiger partial charge in [0.2, 0.25) is 0 Å². The van der Waals surface area contributed by atoms with Gasteiger partial charge in [-0.2, -0.15) is 0 Å². The summed E-state index contributed by atoms with van der Waals surface area (Å²) in [7, 11) is 1.35. The van der Waals surface area contributed by atoms with Crippen molar-refractivity contribution in [2.24, 2.45) is 0 Å². The molecule has 0 saturated heterocycles. The molecule has 0 spiro atoms. The van der Waals surface area contributed by atoms with E-state index in [1.165, 1.54) is 7.11 Å². The van der Waals surface area contributed by atoms with Gasteiger partial charge in [-0.25, -0.2) is 0 Å². The highest BCUT2D eigenvalue weighted by Crippen LogP contribution is 2.20. The second-order valence-electron chi connectivity index (χ2n) is 3.34. The number of hydrogen-bond acceptors (Lipinski definition) is 3. The van der Waals surface area contributed by atoms with E-state index >= 15 is 0 Å². The third-order valence-electron chi connectivity index (χ3n) is 2.11. The Morgan fingerprint density at radius 3 is 2.82 bits per heavy atom. The third-order valence-corrected chi connectivity index (χ3v) is 2.75. The zero-order chi connectivity index (χ0) is 12.7. The largest absolute Gasteiger partial charge is 0.491 e. The molecular formula is C13H15BrO3. The first kappa shape index (κ1) is 13.8. The monoisotopic (exact) mass is 298 g/mol. The Labute approximate surface area is 110 Å². The molecule has 0 amide bonds. The highest BCUT2D eigenvalue weighted by Gasteiger charge is 2.16. The van der Waals surface area contributed by atoms with Gasteiger partial charge in [-0.3, -0.25) is 4.79 Å². The van der Waals surface area contributed by atoms with Crippen molar-refractivity contribution in [3.8, 4) is 5.75 Å². The minimum absolute atomic E-state index is 0.237. The van der Waals surface area contributed by atoms with Gasteiger partial charge in [-0.15, -0.1) is 0 Å². The molecule has 17 heavy (non-hydrogen) atoms. The molecule has 0 saturated carbocycles. The molecule has 0 radical (unpaired) electrons. The first-order valence-electron chi connectivity index (χ1n) is 5.25. The number of para-hydroxylation sites is 1. The van der Waals surface area contributed by atoms with Gasteiger partial charge in [0, 0.05) is 5.56 Å². The van der Waals surface area contributed by atoms with Gasteiger partial charge in [-0.1, -0.05) is 46.3 Å². The Morgan fingerprint density at radius 1 is 1.47 bits per heavy atom. The number of esters is 1. The molecule has 3 nitrogen and oxygen atoms in total. The fourth-order valence-corrected chi connectivity index (χ4v) is 1.61. The van der Waals surface area contributed by atoms with Gasteiger partial charge in [0.15, 0.2) is 0 Å². The van der Waals surface area contributed by atoms with Gasteiger partial charge in [0.1, 0.15) is 17.2 Å². The zero-order valence-corrected chi connectivity index (χ0v) is 11.4. The van der Waals surface area contributed by atoms with Crippen LogP contribution >= 0.6 is 15.9 Å². The van der Waals surface area contributed by atoms with Crippen LogP contribution in [0.15, 0.2) is 30.3 Å². The second-order valence-corrected chi connectivity index (χ2v) is 4.44. The quantitative estimate of drug-likeness (QED) is 0.619. The van der Waals surface area contributed by atoms with Crippen LogP contribution in [0.4, 0.5) is 0 Å². The molecule has 92 valence electrons. The molecule has 0 fully saturated rings. The molecule has 0 heterocycles. The van der Waals surface area contributed by atoms with Crippen molar-refractivity contribution in [2.75, 3.05) is 13.7 Å². The lowest BCUT2D eigenvalue weighted by Gasteiger charge is -2.11. The van der Waals surface area contributed by atoms with Crippen molar-refractivity contribution >= 4 is 28.0 Å². The summed E-state index contributed by atoms with van der Waals surface area (Å²) in [5, 5.41) is 0. The fourth-order valence-electron chi connectivity index (χ4n) is 1.29. The molecule has 0 N–H and O–H groups in total. The smallest absolute Gasteiger partial charge is 0.322 e. The third kappa shape index (κ3) is 4.23. The number of allylic oxidation sites excluding steroid dienone is 1. The van der Waals surface area contributed by atoms with Crippen molar-refractivity contribution < 1.29 is 14.3 Å². The minimum atomic E-state index is -0.453. The summed E-state index contributed by atoms with van der Waals surface area (Å²) in [5.74, 6) is 0.410. The maximum atomic E-state index is 11.2. The van der Waals surface area contributed by atoms with E-state index in [9.17, 15) is 4.79 Å². The van der Waals surface area contributed by atoms with Gasteiger partial charge < -0.3 is 9.47 Å². The standard InChI is InChI=1S/C13H15BrO3/c1-3-6-10-7-4-5-8-12(10)17-9-11(14)13(15)16-2/h3-8,11H,9H2,1-2H3/b6-3+. The maximum Gasteiger partial charge on any atom is 0.322 e. The molecule has 0 aliphatic rings. The van der Waals surface area contributed by atoms with Crippen molar-refractivity contribution in [1.82, 2.24) is 0 Å². The Kier molecular flexibility index (Phi) is 5.77. The van der Waals surface area contributed by atoms with Crippen LogP contribution in [0.3, 0.4) is 0 Å². The molecule has 0 aliphatic heterocycles. The molecule has 1 rings (SSSR count). The number of benzene rings is 1. The van der Waals surface area contributed by atoms with E-state index in [-0.39, 0.29) is 12.6 Å². The van der Waals surface area contributed by atoms with E-state index in [2.05, 4.69) is 20.7 Å². The number of carbonyl (C=O) groups excluding carboxylic acids is 1. The second kappa shape index (κ2) is 7.12. The molecule has 4 heteroatoms. The number of methoxy groups -OCH3 is 1. The molecule has 0 aliphatic carbocycles. The predicted octanol–water partition coefficient (Wildman–Crippen LogP) is 3.04. The number of halogens is 1. The molecule has 1 atom stereocenters. The molecule has 1 unspecified atom stereocenters. The Bertz CT molecular complexity index is 401. The van der Waals surface area contributed by atoms with Crippen molar-refractivity contribution in [2.45, 2.75) is 11.8 Å². The van der Waals surface area contributed by atoms with E-state index in [0.717, 1.165) is 11.3 Å². The number of alkyl halides is 1. The Balaban J connectivity index is 2.66. The summed E-state index contributed by atoms with van der Waals surface area (Å²) >= 11 is 3.21. The first-order chi connectivity index (χ1) is 8.19. The van der Waals surface area contributed by atoms with Crippen molar-refractivity contribution in [3.05, 3.63) is 35.9 Å². The van der Waals surface area contributed by atoms with Crippen LogP contribution < -0.4 is 4.74 Å². The number of rotatable bonds is 5. The van der Waals surface area contributed by atoms with Crippen LogP contribution in [0.25, 0.3) is 6.08 Å². The van der Waals surface area contributed by atoms with Crippen LogP contribution in [0.1, 0.15) is 12.5 Å². The summed E-state index contributed by atoms with van der Waals surface area (Å²) in [5.41, 5.74) is 0.986. The van der Waals surface area contributed by atoms with E-state index in [1.54, 1.807) is 0 Å². The first-order valence-corrected chi connectivity index (χ1v) is 6.17. The Hall–Kier alpha value is -1.29. The SMILES string of the molecule is C/C=C/c1ccccc1OCC(Br)C(=O)OC. The van der Waals surface area contributed by atoms with E-state index < -0.39 is 4.83 Å². The van der Waals surface area contributed by atoms with E-state index in [4.69, 9.17) is 4.74 Å². The number of ether oxygens (including phenoxy) is 2. The number of carbonyl (C=O) groups is 1. The molecule has 1 aromatic rings. The fraction of sp³-hybridized carbons (Fsp3) is 0.308. The lowest BCUT2D eigenvalue weighted by molar-refractivity contribution is -0.140. The highest BCUT2D eigenvalue weighted by molar-refractivity contribution is 9.10. The number of hydrogen-bond donors (Lipinski definition) is 0. The summed E-state index contributed by atoms with van der Waals surface area (Å²) in [6.07, 6.45) is 3.89. The van der Waals surface area contributed by atoms with Gasteiger partial charge in [-0.05, 0) is 13.0 Å². The summed E-state index contributed by atoms with van der Waals surface area (Å²) in [6, 6.07) is 7.65. The summed E-state index contributed by atoms with van der Waals surface area (Å²) in [6.45, 7) is 2.18. The van der Waals surface area contributed by atoms with Crippen LogP contribution in [-0.4, -0.2) is 24.5 Å². The lowest BCUT2D eigenvalue weighted by atomic mass is 10.2. The Morgan fingerprint density at radius 2 is 2.18 bits per heavy atom. The zero-order valence-electron chi connectivity index (χ0n) is 9.85. The van der Waals surface area contributed by atoms with Crippen LogP contribution in [0, 0.1) is 0 Å². The average molecular weight is 299 g/mol. The van der Waals surface area contributed by atoms with Crippen LogP contribution in [-0.2, 0) is 9.53 Å². The van der Waals surface area contributed by atoms with E-state index in [1.807, 2.05) is 43.3 Å². The average Bonchev–Trinajstić information content (AvgIpc) is 2.36. The molecule has 1 aromatic carbocycles. The summed E-state index contributed by atoms with van der Waals surface area (Å²) < 4.78 is 10.2. The van der Waals surface area contributed by atoms with Gasteiger partial charge in [0.05, 0.1) is 7.11 Å². The maximum absolute atomic E-state index is 11.2. The molecule has 0 bridgehead atoms. The van der Waals surface area contributed by atoms with Crippen LogP contribution in [0.5, 0.6) is 5.75 Å². The topological polar surface area (TPSA) is 35.5 Å². The van der Waals surface area contributed by atoms with Crippen LogP contribution in [0.2, 0.25) is 0 Å². The highest BCUT2D eigenvalue weighted by atomic mass is 79.9. The van der Waals surface area contributed by atoms with Gasteiger partial charge >= 0.3 is 5.97 Å². The predicted molar refractivity (Wildman–Crippen MR) is 71.4 cm³/mol. The summed E-state index contributed by atoms with van der Waals surface area (Å²) in [4.78, 5) is 10.7. The van der Waals surface area contributed by atoms with Crippen molar-refractivity contribution in [3.63, 3.8) is 0 Å². The molecule has 0 aromatic heterocycles. The minimum Gasteiger partial charge on any atom is -0.491 e. The van der Waals surface area contributed by atoms with Gasteiger partial charge in [0.25, 0.3) is 0 Å². The molecular weight excluding hydrogens is 284 g/mol. The van der Waals surface area contributed by atoms with E-state index in [0.29, 0.717) is 0 Å². The normalized spacial score (nSPS) is 12.4. The lowest BCUT2D eigenvalue weighted by Crippen LogP contribution is -2.23.